The van der Waals surface area contributed by atoms with Gasteiger partial charge in [0.1, 0.15) is 0 Å². The molecule has 1 heterocycles. The van der Waals surface area contributed by atoms with Crippen molar-refractivity contribution in [2.24, 2.45) is 11.8 Å². The van der Waals surface area contributed by atoms with Gasteiger partial charge in [0.25, 0.3) is 0 Å². The highest BCUT2D eigenvalue weighted by Crippen LogP contribution is 2.21. The largest absolute Gasteiger partial charge is 0.481 e. The van der Waals surface area contributed by atoms with Gasteiger partial charge in [0, 0.05) is 24.6 Å². The first-order chi connectivity index (χ1) is 11.0. The summed E-state index contributed by atoms with van der Waals surface area (Å²) in [5, 5.41) is 18.2. The Hall–Kier alpha value is -2.21. The Kier molecular flexibility index (Phi) is 5.87. The summed E-state index contributed by atoms with van der Waals surface area (Å²) < 4.78 is 0. The summed E-state index contributed by atoms with van der Waals surface area (Å²) in [6, 6.07) is 8.63. The van der Waals surface area contributed by atoms with Crippen LogP contribution in [-0.4, -0.2) is 52.5 Å². The molecular weight excluding hydrogens is 298 g/mol. The molecule has 1 aliphatic rings. The Morgan fingerprint density at radius 1 is 1.17 bits per heavy atom. The molecule has 6 nitrogen and oxygen atoms in total. The second-order valence-corrected chi connectivity index (χ2v) is 5.96. The number of piperidine rings is 1. The predicted octanol–water partition coefficient (Wildman–Crippen LogP) is 1.76. The van der Waals surface area contributed by atoms with Crippen molar-refractivity contribution in [3.63, 3.8) is 0 Å². The van der Waals surface area contributed by atoms with Crippen LogP contribution in [0, 0.1) is 11.8 Å². The number of carboxylic acid groups (broad SMARTS) is 2. The second kappa shape index (κ2) is 7.87. The number of benzene rings is 1. The second-order valence-electron chi connectivity index (χ2n) is 5.96. The number of rotatable bonds is 7. The molecule has 1 fully saturated rings. The van der Waals surface area contributed by atoms with Crippen LogP contribution in [0.2, 0.25) is 0 Å². The third kappa shape index (κ3) is 4.89. The van der Waals surface area contributed by atoms with Gasteiger partial charge in [0.15, 0.2) is 5.78 Å². The van der Waals surface area contributed by atoms with E-state index in [1.165, 1.54) is 0 Å². The topological polar surface area (TPSA) is 94.9 Å². The maximum atomic E-state index is 12.6. The highest BCUT2D eigenvalue weighted by molar-refractivity contribution is 5.99. The van der Waals surface area contributed by atoms with Gasteiger partial charge in [0.2, 0.25) is 0 Å². The summed E-state index contributed by atoms with van der Waals surface area (Å²) in [4.78, 5) is 36.7. The summed E-state index contributed by atoms with van der Waals surface area (Å²) in [6.45, 7) is 1.35. The number of ketones is 1. The minimum atomic E-state index is -1.02. The lowest BCUT2D eigenvalue weighted by molar-refractivity contribution is -0.144. The van der Waals surface area contributed by atoms with Crippen molar-refractivity contribution < 1.29 is 24.6 Å². The van der Waals surface area contributed by atoms with E-state index in [1.807, 2.05) is 4.90 Å². The SMILES string of the molecule is O=C(O)CC(CN1CCCC(C(=O)O)C1)C(=O)c1ccccc1. The zero-order valence-electron chi connectivity index (χ0n) is 12.9. The van der Waals surface area contributed by atoms with Crippen molar-refractivity contribution >= 4 is 17.7 Å². The number of hydrogen-bond donors (Lipinski definition) is 2. The number of hydrogen-bond acceptors (Lipinski definition) is 4. The van der Waals surface area contributed by atoms with Crippen molar-refractivity contribution in [2.75, 3.05) is 19.6 Å². The third-order valence-corrected chi connectivity index (χ3v) is 4.18. The molecule has 1 aliphatic heterocycles. The molecule has 0 radical (unpaired) electrons. The first kappa shape index (κ1) is 17.1. The molecule has 124 valence electrons. The van der Waals surface area contributed by atoms with Gasteiger partial charge < -0.3 is 15.1 Å². The fourth-order valence-corrected chi connectivity index (χ4v) is 3.02. The molecule has 2 rings (SSSR count). The number of nitrogens with zero attached hydrogens (tertiary/aromatic N) is 1. The summed E-state index contributed by atoms with van der Waals surface area (Å²) in [6.07, 6.45) is 1.13. The quantitative estimate of drug-likeness (QED) is 0.744. The first-order valence-electron chi connectivity index (χ1n) is 7.73. The van der Waals surface area contributed by atoms with Crippen molar-refractivity contribution in [3.05, 3.63) is 35.9 Å². The maximum Gasteiger partial charge on any atom is 0.307 e. The molecule has 0 saturated carbocycles. The normalized spacial score (nSPS) is 19.9. The zero-order chi connectivity index (χ0) is 16.8. The lowest BCUT2D eigenvalue weighted by atomic mass is 9.91. The van der Waals surface area contributed by atoms with E-state index in [4.69, 9.17) is 10.2 Å². The van der Waals surface area contributed by atoms with Gasteiger partial charge in [-0.2, -0.15) is 0 Å². The fraction of sp³-hybridized carbons (Fsp3) is 0.471. The number of carbonyl (C=O) groups excluding carboxylic acids is 1. The van der Waals surface area contributed by atoms with Crippen molar-refractivity contribution in [3.8, 4) is 0 Å². The van der Waals surface area contributed by atoms with E-state index in [1.54, 1.807) is 30.3 Å². The Morgan fingerprint density at radius 3 is 2.48 bits per heavy atom. The Labute approximate surface area is 134 Å². The fourth-order valence-electron chi connectivity index (χ4n) is 3.02. The summed E-state index contributed by atoms with van der Waals surface area (Å²) in [7, 11) is 0. The molecule has 2 atom stereocenters. The first-order valence-corrected chi connectivity index (χ1v) is 7.73. The number of likely N-dealkylation sites (tertiary alicyclic amines) is 1. The van der Waals surface area contributed by atoms with Gasteiger partial charge >= 0.3 is 11.9 Å². The molecule has 2 N–H and O–H groups in total. The summed E-state index contributed by atoms with van der Waals surface area (Å²) in [5.41, 5.74) is 0.491. The zero-order valence-corrected chi connectivity index (χ0v) is 12.9. The molecule has 1 aromatic carbocycles. The standard InChI is InChI=1S/C17H21NO5/c19-15(20)9-14(16(21)12-5-2-1-3-6-12)11-18-8-4-7-13(10-18)17(22)23/h1-3,5-6,13-14H,4,7-11H2,(H,19,20)(H,22,23). The van der Waals surface area contributed by atoms with Crippen LogP contribution in [0.4, 0.5) is 0 Å². The van der Waals surface area contributed by atoms with Crippen LogP contribution in [0.15, 0.2) is 30.3 Å². The van der Waals surface area contributed by atoms with Crippen LogP contribution < -0.4 is 0 Å². The van der Waals surface area contributed by atoms with Gasteiger partial charge in [-0.15, -0.1) is 0 Å². The average molecular weight is 319 g/mol. The van der Waals surface area contributed by atoms with E-state index < -0.39 is 23.8 Å². The molecule has 2 unspecified atom stereocenters. The molecule has 0 aromatic heterocycles. The van der Waals surface area contributed by atoms with Crippen LogP contribution in [0.3, 0.4) is 0 Å². The maximum absolute atomic E-state index is 12.6. The van der Waals surface area contributed by atoms with E-state index in [2.05, 4.69) is 0 Å². The summed E-state index contributed by atoms with van der Waals surface area (Å²) in [5.74, 6) is -3.17. The summed E-state index contributed by atoms with van der Waals surface area (Å²) >= 11 is 0. The van der Waals surface area contributed by atoms with E-state index in [9.17, 15) is 14.4 Å². The lowest BCUT2D eigenvalue weighted by Gasteiger charge is -2.32. The molecule has 0 spiro atoms. The monoisotopic (exact) mass is 319 g/mol. The van der Waals surface area contributed by atoms with E-state index >= 15 is 0 Å². The minimum absolute atomic E-state index is 0.203. The molecule has 6 heteroatoms. The molecule has 1 aromatic rings. The van der Waals surface area contributed by atoms with Gasteiger partial charge in [-0.25, -0.2) is 0 Å². The molecule has 0 aliphatic carbocycles. The molecule has 0 bridgehead atoms. The minimum Gasteiger partial charge on any atom is -0.481 e. The van der Waals surface area contributed by atoms with Crippen molar-refractivity contribution in [2.45, 2.75) is 19.3 Å². The highest BCUT2D eigenvalue weighted by Gasteiger charge is 2.30. The number of aliphatic carboxylic acids is 2. The lowest BCUT2D eigenvalue weighted by Crippen LogP contribution is -2.42. The average Bonchev–Trinajstić information content (AvgIpc) is 2.54. The van der Waals surface area contributed by atoms with Crippen molar-refractivity contribution in [1.29, 1.82) is 0 Å². The Balaban J connectivity index is 2.08. The highest BCUT2D eigenvalue weighted by atomic mass is 16.4. The van der Waals surface area contributed by atoms with Gasteiger partial charge in [-0.1, -0.05) is 30.3 Å². The molecule has 1 saturated heterocycles. The third-order valence-electron chi connectivity index (χ3n) is 4.18. The van der Waals surface area contributed by atoms with Gasteiger partial charge in [0.05, 0.1) is 12.3 Å². The van der Waals surface area contributed by atoms with Crippen LogP contribution in [0.1, 0.15) is 29.6 Å². The molecular formula is C17H21NO5. The van der Waals surface area contributed by atoms with Crippen LogP contribution in [0.25, 0.3) is 0 Å². The Bertz CT molecular complexity index is 572. The number of carbonyl (C=O) groups is 3. The predicted molar refractivity (Wildman–Crippen MR) is 83.3 cm³/mol. The van der Waals surface area contributed by atoms with Crippen LogP contribution in [-0.2, 0) is 9.59 Å². The van der Waals surface area contributed by atoms with Crippen LogP contribution >= 0.6 is 0 Å². The van der Waals surface area contributed by atoms with Gasteiger partial charge in [-0.05, 0) is 19.4 Å². The van der Waals surface area contributed by atoms with E-state index in [0.29, 0.717) is 25.1 Å². The molecule has 23 heavy (non-hydrogen) atoms. The van der Waals surface area contributed by atoms with Crippen molar-refractivity contribution in [1.82, 2.24) is 4.90 Å². The van der Waals surface area contributed by atoms with Crippen LogP contribution in [0.5, 0.6) is 0 Å². The number of carboxylic acids is 2. The molecule has 0 amide bonds. The van der Waals surface area contributed by atoms with E-state index in [0.717, 1.165) is 6.42 Å². The van der Waals surface area contributed by atoms with Gasteiger partial charge in [-0.3, -0.25) is 14.4 Å². The smallest absolute Gasteiger partial charge is 0.307 e. The van der Waals surface area contributed by atoms with E-state index in [-0.39, 0.29) is 18.7 Å². The Morgan fingerprint density at radius 2 is 1.87 bits per heavy atom. The number of Topliss-reactive ketones (excluding diaryl/α,β-unsaturated/α-hetero) is 1.